The Morgan fingerprint density at radius 2 is 1.69 bits per heavy atom. The van der Waals surface area contributed by atoms with Crippen LogP contribution in [0.3, 0.4) is 0 Å². The minimum atomic E-state index is 0.207. The molecule has 0 aromatic carbocycles. The van der Waals surface area contributed by atoms with Crippen molar-refractivity contribution in [2.75, 3.05) is 0 Å². The standard InChI is InChI=1S/C14H29NO/c1-5-8-9-10-11-12(4)15-14(16)13(6-2)7-3/h12-13H,5-11H2,1-4H3,(H,15,16). The van der Waals surface area contributed by atoms with E-state index < -0.39 is 0 Å². The molecule has 0 fully saturated rings. The first-order valence-electron chi connectivity index (χ1n) is 6.95. The summed E-state index contributed by atoms with van der Waals surface area (Å²) in [6.45, 7) is 8.50. The first kappa shape index (κ1) is 15.5. The fourth-order valence-electron chi connectivity index (χ4n) is 1.97. The predicted octanol–water partition coefficient (Wildman–Crippen LogP) is 3.90. The van der Waals surface area contributed by atoms with Crippen LogP contribution in [0.2, 0.25) is 0 Å². The first-order valence-corrected chi connectivity index (χ1v) is 6.95. The maximum absolute atomic E-state index is 11.8. The van der Waals surface area contributed by atoms with Crippen LogP contribution in [0.15, 0.2) is 0 Å². The molecular formula is C14H29NO. The van der Waals surface area contributed by atoms with E-state index >= 15 is 0 Å². The van der Waals surface area contributed by atoms with Crippen molar-refractivity contribution in [3.63, 3.8) is 0 Å². The normalized spacial score (nSPS) is 12.8. The molecule has 1 amide bonds. The average molecular weight is 227 g/mol. The second-order valence-electron chi connectivity index (χ2n) is 4.77. The summed E-state index contributed by atoms with van der Waals surface area (Å²) in [4.78, 5) is 11.8. The summed E-state index contributed by atoms with van der Waals surface area (Å²) < 4.78 is 0. The van der Waals surface area contributed by atoms with E-state index in [4.69, 9.17) is 0 Å². The Bertz CT molecular complexity index is 176. The van der Waals surface area contributed by atoms with Crippen LogP contribution in [-0.2, 0) is 4.79 Å². The van der Waals surface area contributed by atoms with Crippen molar-refractivity contribution in [2.45, 2.75) is 78.7 Å². The third-order valence-electron chi connectivity index (χ3n) is 3.24. The van der Waals surface area contributed by atoms with Crippen LogP contribution in [0.1, 0.15) is 72.6 Å². The quantitative estimate of drug-likeness (QED) is 0.595. The molecule has 0 radical (unpaired) electrons. The van der Waals surface area contributed by atoms with Gasteiger partial charge in [-0.05, 0) is 26.2 Å². The van der Waals surface area contributed by atoms with Crippen molar-refractivity contribution in [2.24, 2.45) is 5.92 Å². The highest BCUT2D eigenvalue weighted by atomic mass is 16.1. The second-order valence-corrected chi connectivity index (χ2v) is 4.77. The molecule has 0 rings (SSSR count). The number of amides is 1. The second kappa shape index (κ2) is 9.68. The molecule has 0 aliphatic rings. The van der Waals surface area contributed by atoms with E-state index in [1.165, 1.54) is 25.7 Å². The van der Waals surface area contributed by atoms with E-state index in [2.05, 4.69) is 33.0 Å². The van der Waals surface area contributed by atoms with Crippen LogP contribution < -0.4 is 5.32 Å². The number of hydrogen-bond donors (Lipinski definition) is 1. The largest absolute Gasteiger partial charge is 0.353 e. The number of unbranched alkanes of at least 4 members (excludes halogenated alkanes) is 3. The Balaban J connectivity index is 3.68. The summed E-state index contributed by atoms with van der Waals surface area (Å²) in [5.41, 5.74) is 0. The van der Waals surface area contributed by atoms with Crippen molar-refractivity contribution in [3.05, 3.63) is 0 Å². The maximum atomic E-state index is 11.8. The van der Waals surface area contributed by atoms with Crippen LogP contribution in [0.4, 0.5) is 0 Å². The van der Waals surface area contributed by atoms with Gasteiger partial charge in [-0.2, -0.15) is 0 Å². The van der Waals surface area contributed by atoms with Crippen LogP contribution in [-0.4, -0.2) is 11.9 Å². The number of rotatable bonds is 9. The van der Waals surface area contributed by atoms with E-state index in [0.29, 0.717) is 6.04 Å². The predicted molar refractivity (Wildman–Crippen MR) is 70.4 cm³/mol. The van der Waals surface area contributed by atoms with Crippen LogP contribution in [0.25, 0.3) is 0 Å². The highest BCUT2D eigenvalue weighted by Gasteiger charge is 2.15. The van der Waals surface area contributed by atoms with Crippen LogP contribution in [0.5, 0.6) is 0 Å². The van der Waals surface area contributed by atoms with Crippen molar-refractivity contribution in [1.29, 1.82) is 0 Å². The van der Waals surface area contributed by atoms with Crippen LogP contribution >= 0.6 is 0 Å². The Hall–Kier alpha value is -0.530. The van der Waals surface area contributed by atoms with Gasteiger partial charge in [-0.25, -0.2) is 0 Å². The van der Waals surface area contributed by atoms with Crippen molar-refractivity contribution < 1.29 is 4.79 Å². The minimum Gasteiger partial charge on any atom is -0.353 e. The zero-order valence-corrected chi connectivity index (χ0v) is 11.5. The SMILES string of the molecule is CCCCCCC(C)NC(=O)C(CC)CC. The molecule has 2 nitrogen and oxygen atoms in total. The highest BCUT2D eigenvalue weighted by Crippen LogP contribution is 2.09. The minimum absolute atomic E-state index is 0.207. The molecule has 16 heavy (non-hydrogen) atoms. The first-order chi connectivity index (χ1) is 7.65. The smallest absolute Gasteiger partial charge is 0.223 e. The molecule has 0 spiro atoms. The van der Waals surface area contributed by atoms with Crippen molar-refractivity contribution in [3.8, 4) is 0 Å². The van der Waals surface area contributed by atoms with E-state index in [0.717, 1.165) is 19.3 Å². The summed E-state index contributed by atoms with van der Waals surface area (Å²) in [5.74, 6) is 0.450. The Morgan fingerprint density at radius 3 is 2.19 bits per heavy atom. The zero-order chi connectivity index (χ0) is 12.4. The van der Waals surface area contributed by atoms with Gasteiger partial charge in [0.1, 0.15) is 0 Å². The van der Waals surface area contributed by atoms with Gasteiger partial charge in [-0.1, -0.05) is 46.5 Å². The molecule has 0 aromatic rings. The van der Waals surface area contributed by atoms with Gasteiger partial charge in [0.2, 0.25) is 5.91 Å². The molecule has 1 unspecified atom stereocenters. The zero-order valence-electron chi connectivity index (χ0n) is 11.5. The maximum Gasteiger partial charge on any atom is 0.223 e. The van der Waals surface area contributed by atoms with E-state index in [1.54, 1.807) is 0 Å². The Kier molecular flexibility index (Phi) is 9.36. The molecule has 0 aliphatic carbocycles. The van der Waals surface area contributed by atoms with Gasteiger partial charge >= 0.3 is 0 Å². The molecular weight excluding hydrogens is 198 g/mol. The molecule has 1 N–H and O–H groups in total. The molecule has 0 aliphatic heterocycles. The Labute approximate surface area is 101 Å². The van der Waals surface area contributed by atoms with Crippen LogP contribution in [0, 0.1) is 5.92 Å². The summed E-state index contributed by atoms with van der Waals surface area (Å²) in [7, 11) is 0. The summed E-state index contributed by atoms with van der Waals surface area (Å²) in [5, 5.41) is 3.12. The van der Waals surface area contributed by atoms with Gasteiger partial charge in [0.05, 0.1) is 0 Å². The van der Waals surface area contributed by atoms with Gasteiger partial charge < -0.3 is 5.32 Å². The lowest BCUT2D eigenvalue weighted by atomic mass is 10.0. The topological polar surface area (TPSA) is 29.1 Å². The van der Waals surface area contributed by atoms with Crippen molar-refractivity contribution in [1.82, 2.24) is 5.32 Å². The average Bonchev–Trinajstić information content (AvgIpc) is 2.26. The highest BCUT2D eigenvalue weighted by molar-refractivity contribution is 5.78. The van der Waals surface area contributed by atoms with E-state index in [-0.39, 0.29) is 11.8 Å². The summed E-state index contributed by atoms with van der Waals surface area (Å²) in [6.07, 6.45) is 8.13. The lowest BCUT2D eigenvalue weighted by Crippen LogP contribution is -2.36. The molecule has 0 aromatic heterocycles. The molecule has 1 atom stereocenters. The monoisotopic (exact) mass is 227 g/mol. The number of carbonyl (C=O) groups excluding carboxylic acids is 1. The van der Waals surface area contributed by atoms with E-state index in [9.17, 15) is 4.79 Å². The molecule has 0 saturated heterocycles. The third kappa shape index (κ3) is 6.86. The number of carbonyl (C=O) groups is 1. The lowest BCUT2D eigenvalue weighted by Gasteiger charge is -2.18. The summed E-state index contributed by atoms with van der Waals surface area (Å²) >= 11 is 0. The van der Waals surface area contributed by atoms with Gasteiger partial charge in [0.15, 0.2) is 0 Å². The third-order valence-corrected chi connectivity index (χ3v) is 3.24. The molecule has 2 heteroatoms. The lowest BCUT2D eigenvalue weighted by molar-refractivity contribution is -0.125. The van der Waals surface area contributed by atoms with Gasteiger partial charge in [0, 0.05) is 12.0 Å². The molecule has 0 saturated carbocycles. The molecule has 0 heterocycles. The van der Waals surface area contributed by atoms with E-state index in [1.807, 2.05) is 0 Å². The van der Waals surface area contributed by atoms with Gasteiger partial charge in [-0.15, -0.1) is 0 Å². The number of nitrogens with one attached hydrogen (secondary N) is 1. The fraction of sp³-hybridized carbons (Fsp3) is 0.929. The Morgan fingerprint density at radius 1 is 1.06 bits per heavy atom. The summed E-state index contributed by atoms with van der Waals surface area (Å²) in [6, 6.07) is 0.338. The van der Waals surface area contributed by atoms with Crippen molar-refractivity contribution >= 4 is 5.91 Å². The molecule has 96 valence electrons. The molecule has 0 bridgehead atoms. The van der Waals surface area contributed by atoms with Gasteiger partial charge in [0.25, 0.3) is 0 Å². The number of hydrogen-bond acceptors (Lipinski definition) is 1. The van der Waals surface area contributed by atoms with Gasteiger partial charge in [-0.3, -0.25) is 4.79 Å². The fourth-order valence-corrected chi connectivity index (χ4v) is 1.97.